The van der Waals surface area contributed by atoms with Crippen molar-refractivity contribution in [3.63, 3.8) is 0 Å². The summed E-state index contributed by atoms with van der Waals surface area (Å²) in [5.74, 6) is 0.927. The van der Waals surface area contributed by atoms with Crippen molar-refractivity contribution in [1.29, 1.82) is 0 Å². The van der Waals surface area contributed by atoms with Crippen LogP contribution in [0.5, 0.6) is 11.5 Å². The molecule has 0 unspecified atom stereocenters. The van der Waals surface area contributed by atoms with E-state index in [0.717, 1.165) is 6.42 Å². The lowest BCUT2D eigenvalue weighted by molar-refractivity contribution is -0.126. The molecule has 1 aromatic rings. The van der Waals surface area contributed by atoms with Crippen molar-refractivity contribution >= 4 is 17.5 Å². The fourth-order valence-electron chi connectivity index (χ4n) is 1.81. The van der Waals surface area contributed by atoms with Crippen LogP contribution >= 0.6 is 0 Å². The summed E-state index contributed by atoms with van der Waals surface area (Å²) in [6, 6.07) is 5.07. The molecular weight excluding hydrogens is 284 g/mol. The van der Waals surface area contributed by atoms with Crippen molar-refractivity contribution in [2.45, 2.75) is 26.7 Å². The van der Waals surface area contributed by atoms with Gasteiger partial charge in [-0.1, -0.05) is 13.8 Å². The summed E-state index contributed by atoms with van der Waals surface area (Å²) >= 11 is 0. The van der Waals surface area contributed by atoms with Gasteiger partial charge in [-0.05, 0) is 24.5 Å². The van der Waals surface area contributed by atoms with Crippen molar-refractivity contribution in [3.8, 4) is 11.5 Å². The molecule has 0 bridgehead atoms. The van der Waals surface area contributed by atoms with Crippen LogP contribution < -0.4 is 20.1 Å². The number of ether oxygens (including phenoxy) is 2. The molecule has 1 rings (SSSR count). The van der Waals surface area contributed by atoms with Crippen LogP contribution in [-0.4, -0.2) is 32.6 Å². The van der Waals surface area contributed by atoms with Gasteiger partial charge in [0.2, 0.25) is 11.8 Å². The second kappa shape index (κ2) is 8.92. The second-order valence-corrected chi connectivity index (χ2v) is 5.32. The van der Waals surface area contributed by atoms with Gasteiger partial charge in [-0.3, -0.25) is 9.59 Å². The van der Waals surface area contributed by atoms with Gasteiger partial charge in [-0.15, -0.1) is 0 Å². The molecule has 0 aromatic heterocycles. The molecule has 22 heavy (non-hydrogen) atoms. The zero-order chi connectivity index (χ0) is 16.5. The van der Waals surface area contributed by atoms with Gasteiger partial charge in [0.1, 0.15) is 17.9 Å². The highest BCUT2D eigenvalue weighted by Gasteiger charge is 2.12. The molecule has 0 aliphatic rings. The molecule has 0 atom stereocenters. The number of anilines is 1. The molecule has 6 nitrogen and oxygen atoms in total. The molecule has 2 amide bonds. The minimum Gasteiger partial charge on any atom is -0.497 e. The zero-order valence-electron chi connectivity index (χ0n) is 13.6. The van der Waals surface area contributed by atoms with E-state index >= 15 is 0 Å². The third kappa shape index (κ3) is 6.03. The molecule has 2 N–H and O–H groups in total. The van der Waals surface area contributed by atoms with Crippen molar-refractivity contribution < 1.29 is 19.1 Å². The first-order chi connectivity index (χ1) is 10.5. The number of nitrogens with one attached hydrogen (secondary N) is 2. The van der Waals surface area contributed by atoms with E-state index in [1.165, 1.54) is 14.2 Å². The molecule has 0 saturated heterocycles. The Kier molecular flexibility index (Phi) is 7.22. The van der Waals surface area contributed by atoms with Crippen LogP contribution in [0.3, 0.4) is 0 Å². The third-order valence-electron chi connectivity index (χ3n) is 3.05. The molecule has 1 aromatic carbocycles. The molecule has 0 radical (unpaired) electrons. The maximum absolute atomic E-state index is 11.9. The predicted molar refractivity (Wildman–Crippen MR) is 85.3 cm³/mol. The van der Waals surface area contributed by atoms with E-state index in [1.807, 2.05) is 0 Å². The van der Waals surface area contributed by atoms with Crippen LogP contribution in [0.15, 0.2) is 18.2 Å². The van der Waals surface area contributed by atoms with Crippen molar-refractivity contribution in [3.05, 3.63) is 18.2 Å². The maximum atomic E-state index is 11.9. The Hall–Kier alpha value is -2.24. The van der Waals surface area contributed by atoms with Crippen molar-refractivity contribution in [2.24, 2.45) is 5.92 Å². The van der Waals surface area contributed by atoms with Gasteiger partial charge in [0.25, 0.3) is 0 Å². The normalized spacial score (nSPS) is 10.2. The van der Waals surface area contributed by atoms with Gasteiger partial charge in [0.15, 0.2) is 0 Å². The van der Waals surface area contributed by atoms with Crippen LogP contribution in [-0.2, 0) is 9.59 Å². The SMILES string of the molecule is COc1ccc(OC)c(NC(=O)CC(=O)NCCC(C)C)c1. The molecule has 0 aliphatic heterocycles. The van der Waals surface area contributed by atoms with E-state index in [2.05, 4.69) is 24.5 Å². The fraction of sp³-hybridized carbons (Fsp3) is 0.500. The predicted octanol–water partition coefficient (Wildman–Crippen LogP) is 2.19. The molecule has 0 aliphatic carbocycles. The molecule has 0 spiro atoms. The molecule has 6 heteroatoms. The number of carbonyl (C=O) groups excluding carboxylic acids is 2. The van der Waals surface area contributed by atoms with Gasteiger partial charge < -0.3 is 20.1 Å². The smallest absolute Gasteiger partial charge is 0.233 e. The summed E-state index contributed by atoms with van der Waals surface area (Å²) in [5, 5.41) is 5.39. The fourth-order valence-corrected chi connectivity index (χ4v) is 1.81. The topological polar surface area (TPSA) is 76.7 Å². The number of amides is 2. The highest BCUT2D eigenvalue weighted by Crippen LogP contribution is 2.28. The number of benzene rings is 1. The Bertz CT molecular complexity index is 515. The lowest BCUT2D eigenvalue weighted by Gasteiger charge is -2.12. The van der Waals surface area contributed by atoms with Gasteiger partial charge in [-0.2, -0.15) is 0 Å². The molecule has 0 heterocycles. The molecule has 0 saturated carbocycles. The van der Waals surface area contributed by atoms with E-state index in [0.29, 0.717) is 29.6 Å². The Labute approximate surface area is 131 Å². The monoisotopic (exact) mass is 308 g/mol. The third-order valence-corrected chi connectivity index (χ3v) is 3.05. The van der Waals surface area contributed by atoms with E-state index in [1.54, 1.807) is 18.2 Å². The van der Waals surface area contributed by atoms with E-state index in [4.69, 9.17) is 9.47 Å². The minimum absolute atomic E-state index is 0.224. The van der Waals surface area contributed by atoms with Gasteiger partial charge in [0, 0.05) is 12.6 Å². The average molecular weight is 308 g/mol. The number of hydrogen-bond donors (Lipinski definition) is 2. The second-order valence-electron chi connectivity index (χ2n) is 5.32. The van der Waals surface area contributed by atoms with Crippen molar-refractivity contribution in [2.75, 3.05) is 26.1 Å². The van der Waals surface area contributed by atoms with Crippen LogP contribution in [0, 0.1) is 5.92 Å². The first kappa shape index (κ1) is 17.8. The molecule has 122 valence electrons. The summed E-state index contributed by atoms with van der Waals surface area (Å²) in [6.45, 7) is 4.73. The van der Waals surface area contributed by atoms with Crippen molar-refractivity contribution in [1.82, 2.24) is 5.32 Å². The Balaban J connectivity index is 2.55. The number of hydrogen-bond acceptors (Lipinski definition) is 4. The number of methoxy groups -OCH3 is 2. The van der Waals surface area contributed by atoms with Gasteiger partial charge >= 0.3 is 0 Å². The van der Waals surface area contributed by atoms with Crippen LogP contribution in [0.4, 0.5) is 5.69 Å². The number of rotatable bonds is 8. The van der Waals surface area contributed by atoms with Gasteiger partial charge in [0.05, 0.1) is 19.9 Å². The molecular formula is C16H24N2O4. The minimum atomic E-state index is -0.395. The largest absolute Gasteiger partial charge is 0.497 e. The quantitative estimate of drug-likeness (QED) is 0.722. The zero-order valence-corrected chi connectivity index (χ0v) is 13.6. The number of carbonyl (C=O) groups is 2. The Morgan fingerprint density at radius 1 is 1.14 bits per heavy atom. The van der Waals surface area contributed by atoms with E-state index < -0.39 is 5.91 Å². The lowest BCUT2D eigenvalue weighted by atomic mass is 10.1. The first-order valence-corrected chi connectivity index (χ1v) is 7.24. The summed E-state index contributed by atoms with van der Waals surface area (Å²) in [6.07, 6.45) is 0.662. The first-order valence-electron chi connectivity index (χ1n) is 7.24. The maximum Gasteiger partial charge on any atom is 0.233 e. The van der Waals surface area contributed by atoms with Crippen LogP contribution in [0.1, 0.15) is 26.7 Å². The summed E-state index contributed by atoms with van der Waals surface area (Å²) in [5.41, 5.74) is 0.474. The standard InChI is InChI=1S/C16H24N2O4/c1-11(2)7-8-17-15(19)10-16(20)18-13-9-12(21-3)5-6-14(13)22-4/h5-6,9,11H,7-8,10H2,1-4H3,(H,17,19)(H,18,20). The lowest BCUT2D eigenvalue weighted by Crippen LogP contribution is -2.29. The van der Waals surface area contributed by atoms with E-state index in [9.17, 15) is 9.59 Å². The van der Waals surface area contributed by atoms with Crippen LogP contribution in [0.25, 0.3) is 0 Å². The highest BCUT2D eigenvalue weighted by molar-refractivity contribution is 6.04. The van der Waals surface area contributed by atoms with Crippen LogP contribution in [0.2, 0.25) is 0 Å². The molecule has 0 fully saturated rings. The highest BCUT2D eigenvalue weighted by atomic mass is 16.5. The summed E-state index contributed by atoms with van der Waals surface area (Å²) in [7, 11) is 3.05. The Morgan fingerprint density at radius 3 is 2.45 bits per heavy atom. The van der Waals surface area contributed by atoms with E-state index in [-0.39, 0.29) is 12.3 Å². The Morgan fingerprint density at radius 2 is 1.86 bits per heavy atom. The summed E-state index contributed by atoms with van der Waals surface area (Å²) in [4.78, 5) is 23.6. The van der Waals surface area contributed by atoms with Gasteiger partial charge in [-0.25, -0.2) is 0 Å². The summed E-state index contributed by atoms with van der Waals surface area (Å²) < 4.78 is 10.3. The average Bonchev–Trinajstić information content (AvgIpc) is 2.46.